The third-order valence-corrected chi connectivity index (χ3v) is 9.56. The number of aromatic nitrogens is 3. The highest BCUT2D eigenvalue weighted by molar-refractivity contribution is 7.99. The van der Waals surface area contributed by atoms with Crippen LogP contribution in [0.15, 0.2) is 29.4 Å². The van der Waals surface area contributed by atoms with Crippen molar-refractivity contribution in [2.24, 2.45) is 18.4 Å². The van der Waals surface area contributed by atoms with Gasteiger partial charge in [0.15, 0.2) is 22.5 Å². The van der Waals surface area contributed by atoms with Gasteiger partial charge in [-0.05, 0) is 59.9 Å². The number of thioether (sulfide) groups is 1. The van der Waals surface area contributed by atoms with Crippen molar-refractivity contribution in [1.82, 2.24) is 20.1 Å². The number of nitriles is 1. The molecule has 2 amide bonds. The Bertz CT molecular complexity index is 1530. The largest absolute Gasteiger partial charge is 0.493 e. The Kier molecular flexibility index (Phi) is 9.96. The lowest BCUT2D eigenvalue weighted by Gasteiger charge is -2.33. The zero-order chi connectivity index (χ0) is 30.4. The van der Waals surface area contributed by atoms with Gasteiger partial charge in [0.1, 0.15) is 11.1 Å². The molecule has 0 aliphatic heterocycles. The average Bonchev–Trinajstić information content (AvgIpc) is 3.50. The molecule has 2 heterocycles. The summed E-state index contributed by atoms with van der Waals surface area (Å²) >= 11 is 2.77. The number of carbonyl (C=O) groups excluding carboxylic acids is 2. The molecule has 3 aromatic rings. The molecule has 2 N–H and O–H groups in total. The molecule has 1 atom stereocenters. The van der Waals surface area contributed by atoms with E-state index in [2.05, 4.69) is 47.7 Å². The number of benzene rings is 1. The van der Waals surface area contributed by atoms with E-state index in [9.17, 15) is 14.9 Å². The smallest absolute Gasteiger partial charge is 0.244 e. The van der Waals surface area contributed by atoms with Crippen LogP contribution in [0.4, 0.5) is 5.00 Å². The molecular weight excluding hydrogens is 573 g/mol. The van der Waals surface area contributed by atoms with Crippen LogP contribution in [0.3, 0.4) is 0 Å². The summed E-state index contributed by atoms with van der Waals surface area (Å²) in [6.07, 6.45) is 5.96. The van der Waals surface area contributed by atoms with Gasteiger partial charge in [0.25, 0.3) is 0 Å². The lowest BCUT2D eigenvalue weighted by atomic mass is 9.72. The standard InChI is InChI=1S/C30H36N6O4S2/c1-30(2,3)19-9-10-20-21(15-31)28(42-24(20)14-19)33-27(38)17-41-29-35-34-25(36(29)4)16-32-26(37)12-8-18-7-11-22(39-5)23(13-18)40-6/h7-8,11-13,19H,9-10,14,16-17H2,1-6H3,(H,32,37)(H,33,38)/b12-8+. The highest BCUT2D eigenvalue weighted by atomic mass is 32.2. The van der Waals surface area contributed by atoms with Crippen molar-refractivity contribution in [1.29, 1.82) is 5.26 Å². The van der Waals surface area contributed by atoms with Crippen molar-refractivity contribution in [3.8, 4) is 17.6 Å². The summed E-state index contributed by atoms with van der Waals surface area (Å²) in [4.78, 5) is 26.4. The van der Waals surface area contributed by atoms with Gasteiger partial charge in [0.2, 0.25) is 11.8 Å². The Hall–Kier alpha value is -3.82. The molecule has 0 saturated heterocycles. The Balaban J connectivity index is 1.29. The van der Waals surface area contributed by atoms with Crippen LogP contribution < -0.4 is 20.1 Å². The van der Waals surface area contributed by atoms with Gasteiger partial charge in [-0.1, -0.05) is 38.6 Å². The molecule has 222 valence electrons. The zero-order valence-corrected chi connectivity index (χ0v) is 26.4. The fourth-order valence-electron chi connectivity index (χ4n) is 4.80. The summed E-state index contributed by atoms with van der Waals surface area (Å²) in [7, 11) is 4.91. The molecule has 0 bridgehead atoms. The number of carbonyl (C=O) groups is 2. The molecule has 1 aromatic carbocycles. The maximum absolute atomic E-state index is 12.8. The molecule has 0 saturated carbocycles. The average molecular weight is 609 g/mol. The number of ether oxygens (including phenoxy) is 2. The Labute approximate surface area is 254 Å². The summed E-state index contributed by atoms with van der Waals surface area (Å²) in [5.41, 5.74) is 2.67. The van der Waals surface area contributed by atoms with Gasteiger partial charge in [-0.15, -0.1) is 21.5 Å². The van der Waals surface area contributed by atoms with Crippen LogP contribution >= 0.6 is 23.1 Å². The van der Waals surface area contributed by atoms with Crippen molar-refractivity contribution < 1.29 is 19.1 Å². The van der Waals surface area contributed by atoms with Crippen LogP contribution in [-0.4, -0.2) is 46.6 Å². The van der Waals surface area contributed by atoms with Gasteiger partial charge in [-0.2, -0.15) is 5.26 Å². The van der Waals surface area contributed by atoms with Crippen molar-refractivity contribution in [3.05, 3.63) is 51.7 Å². The molecule has 0 spiro atoms. The molecule has 1 aliphatic rings. The molecule has 10 nitrogen and oxygen atoms in total. The number of methoxy groups -OCH3 is 2. The van der Waals surface area contributed by atoms with Crippen LogP contribution in [0, 0.1) is 22.7 Å². The van der Waals surface area contributed by atoms with Crippen LogP contribution in [0.2, 0.25) is 0 Å². The van der Waals surface area contributed by atoms with Crippen molar-refractivity contribution in [2.45, 2.75) is 51.7 Å². The summed E-state index contributed by atoms with van der Waals surface area (Å²) in [5.74, 6) is 1.91. The highest BCUT2D eigenvalue weighted by Crippen LogP contribution is 2.44. The number of fused-ring (bicyclic) bond motifs is 1. The number of amides is 2. The molecule has 12 heteroatoms. The molecule has 42 heavy (non-hydrogen) atoms. The number of hydrogen-bond acceptors (Lipinski definition) is 9. The fraction of sp³-hybridized carbons (Fsp3) is 0.433. The third kappa shape index (κ3) is 7.33. The second-order valence-corrected chi connectivity index (χ2v) is 13.1. The van der Waals surface area contributed by atoms with E-state index >= 15 is 0 Å². The van der Waals surface area contributed by atoms with Gasteiger partial charge in [0.05, 0.1) is 32.1 Å². The lowest BCUT2D eigenvalue weighted by Crippen LogP contribution is -2.26. The van der Waals surface area contributed by atoms with Gasteiger partial charge in [-0.25, -0.2) is 0 Å². The quantitative estimate of drug-likeness (QED) is 0.244. The molecule has 0 radical (unpaired) electrons. The molecule has 2 aromatic heterocycles. The molecular formula is C30H36N6O4S2. The van der Waals surface area contributed by atoms with E-state index in [1.54, 1.807) is 44.0 Å². The second-order valence-electron chi connectivity index (χ2n) is 11.1. The maximum atomic E-state index is 12.8. The second kappa shape index (κ2) is 13.4. The number of hydrogen-bond donors (Lipinski definition) is 2. The predicted octanol–water partition coefficient (Wildman–Crippen LogP) is 4.98. The van der Waals surface area contributed by atoms with Crippen molar-refractivity contribution in [2.75, 3.05) is 25.3 Å². The first-order valence-electron chi connectivity index (χ1n) is 13.6. The van der Waals surface area contributed by atoms with Crippen LogP contribution in [-0.2, 0) is 36.0 Å². The van der Waals surface area contributed by atoms with E-state index in [0.29, 0.717) is 39.0 Å². The van der Waals surface area contributed by atoms with Crippen LogP contribution in [0.1, 0.15) is 54.6 Å². The van der Waals surface area contributed by atoms with E-state index in [1.807, 2.05) is 6.07 Å². The number of nitrogens with one attached hydrogen (secondary N) is 2. The zero-order valence-electron chi connectivity index (χ0n) is 24.7. The Morgan fingerprint density at radius 3 is 2.69 bits per heavy atom. The monoisotopic (exact) mass is 608 g/mol. The first kappa shape index (κ1) is 31.1. The predicted molar refractivity (Wildman–Crippen MR) is 165 cm³/mol. The highest BCUT2D eigenvalue weighted by Gasteiger charge is 2.32. The van der Waals surface area contributed by atoms with Crippen molar-refractivity contribution in [3.63, 3.8) is 0 Å². The van der Waals surface area contributed by atoms with E-state index in [0.717, 1.165) is 30.4 Å². The summed E-state index contributed by atoms with van der Waals surface area (Å²) in [6.45, 7) is 6.94. The Morgan fingerprint density at radius 2 is 2.00 bits per heavy atom. The molecule has 1 unspecified atom stereocenters. The normalized spacial score (nSPS) is 14.7. The number of thiophene rings is 1. The third-order valence-electron chi connectivity index (χ3n) is 7.37. The number of nitrogens with zero attached hydrogens (tertiary/aromatic N) is 4. The summed E-state index contributed by atoms with van der Waals surface area (Å²) < 4.78 is 12.3. The topological polar surface area (TPSA) is 131 Å². The molecule has 4 rings (SSSR count). The van der Waals surface area contributed by atoms with Gasteiger partial charge >= 0.3 is 0 Å². The van der Waals surface area contributed by atoms with E-state index in [4.69, 9.17) is 9.47 Å². The molecule has 1 aliphatic carbocycles. The minimum atomic E-state index is -0.290. The van der Waals surface area contributed by atoms with Gasteiger partial charge in [0, 0.05) is 18.0 Å². The van der Waals surface area contributed by atoms with E-state index in [1.165, 1.54) is 34.1 Å². The number of rotatable bonds is 10. The van der Waals surface area contributed by atoms with Gasteiger partial charge < -0.3 is 24.7 Å². The summed E-state index contributed by atoms with van der Waals surface area (Å²) in [6, 6.07) is 7.69. The van der Waals surface area contributed by atoms with Crippen molar-refractivity contribution >= 4 is 46.0 Å². The van der Waals surface area contributed by atoms with Crippen LogP contribution in [0.25, 0.3) is 6.08 Å². The fourth-order valence-corrected chi connectivity index (χ4v) is 6.83. The lowest BCUT2D eigenvalue weighted by molar-refractivity contribution is -0.116. The minimum absolute atomic E-state index is 0.116. The first-order chi connectivity index (χ1) is 20.0. The Morgan fingerprint density at radius 1 is 1.24 bits per heavy atom. The van der Waals surface area contributed by atoms with E-state index in [-0.39, 0.29) is 29.5 Å². The summed E-state index contributed by atoms with van der Waals surface area (Å²) in [5, 5.41) is 25.1. The van der Waals surface area contributed by atoms with Crippen LogP contribution in [0.5, 0.6) is 11.5 Å². The maximum Gasteiger partial charge on any atom is 0.244 e. The van der Waals surface area contributed by atoms with Gasteiger partial charge in [-0.3, -0.25) is 9.59 Å². The SMILES string of the molecule is COc1ccc(/C=C/C(=O)NCc2nnc(SCC(=O)Nc3sc4c(c3C#N)CCC(C(C)(C)C)C4)n2C)cc1OC. The molecule has 0 fully saturated rings. The first-order valence-corrected chi connectivity index (χ1v) is 15.4. The van der Waals surface area contributed by atoms with E-state index < -0.39 is 0 Å². The minimum Gasteiger partial charge on any atom is -0.493 e. The number of anilines is 1.